The molecule has 0 spiro atoms. The summed E-state index contributed by atoms with van der Waals surface area (Å²) in [6.07, 6.45) is -3.45. The number of rotatable bonds is 2. The average molecular weight is 354 g/mol. The number of aryl methyl sites for hydroxylation is 1. The monoisotopic (exact) mass is 353 g/mol. The van der Waals surface area contributed by atoms with Crippen LogP contribution in [-0.2, 0) is 6.18 Å². The van der Waals surface area contributed by atoms with E-state index in [-0.39, 0.29) is 11.1 Å². The highest BCUT2D eigenvalue weighted by atomic mass is 35.5. The number of fused-ring (bicyclic) bond motifs is 1. The maximum atomic E-state index is 13.0. The van der Waals surface area contributed by atoms with Crippen LogP contribution in [0.3, 0.4) is 0 Å². The summed E-state index contributed by atoms with van der Waals surface area (Å²) in [6.45, 7) is 3.59. The number of imidazole rings is 1. The van der Waals surface area contributed by atoms with Crippen LogP contribution in [0.25, 0.3) is 16.9 Å². The summed E-state index contributed by atoms with van der Waals surface area (Å²) in [7, 11) is 0. The second-order valence-corrected chi connectivity index (χ2v) is 6.13. The zero-order valence-electron chi connectivity index (χ0n) is 13.0. The lowest BCUT2D eigenvalue weighted by Gasteiger charge is -2.08. The molecule has 0 aliphatic rings. The van der Waals surface area contributed by atoms with E-state index >= 15 is 0 Å². The molecule has 0 saturated carbocycles. The number of hydrogen-bond acceptors (Lipinski definition) is 2. The van der Waals surface area contributed by atoms with E-state index < -0.39 is 11.7 Å². The van der Waals surface area contributed by atoms with Crippen LogP contribution < -0.4 is 5.73 Å². The Morgan fingerprint density at radius 1 is 1.21 bits per heavy atom. The SMILES string of the molecule is Cc1c(-c2ccc(C(C)N)cc2)nc2c(Cl)cc(C(F)(F)F)cn12. The predicted molar refractivity (Wildman–Crippen MR) is 88.0 cm³/mol. The van der Waals surface area contributed by atoms with Crippen molar-refractivity contribution in [2.75, 3.05) is 0 Å². The molecule has 0 fully saturated rings. The fourth-order valence-electron chi connectivity index (χ4n) is 2.59. The second kappa shape index (κ2) is 5.79. The molecule has 2 aromatic heterocycles. The first-order valence-electron chi connectivity index (χ1n) is 7.30. The highest BCUT2D eigenvalue weighted by Crippen LogP contribution is 2.34. The molecule has 3 rings (SSSR count). The van der Waals surface area contributed by atoms with E-state index in [4.69, 9.17) is 17.3 Å². The zero-order valence-corrected chi connectivity index (χ0v) is 13.8. The van der Waals surface area contributed by atoms with Crippen molar-refractivity contribution in [3.8, 4) is 11.3 Å². The summed E-state index contributed by atoms with van der Waals surface area (Å²) in [5.74, 6) is 0. The Bertz CT molecular complexity index is 896. The number of benzene rings is 1. The number of nitrogens with two attached hydrogens (primary N) is 1. The lowest BCUT2D eigenvalue weighted by Crippen LogP contribution is -2.07. The Balaban J connectivity index is 2.16. The molecule has 2 heterocycles. The van der Waals surface area contributed by atoms with Gasteiger partial charge in [-0.2, -0.15) is 13.2 Å². The normalized spacial score (nSPS) is 13.5. The van der Waals surface area contributed by atoms with Crippen molar-refractivity contribution in [3.63, 3.8) is 0 Å². The fourth-order valence-corrected chi connectivity index (χ4v) is 2.84. The minimum atomic E-state index is -4.46. The highest BCUT2D eigenvalue weighted by molar-refractivity contribution is 6.33. The van der Waals surface area contributed by atoms with Crippen molar-refractivity contribution in [1.82, 2.24) is 9.38 Å². The molecule has 0 saturated heterocycles. The summed E-state index contributed by atoms with van der Waals surface area (Å²) in [5.41, 5.74) is 8.27. The van der Waals surface area contributed by atoms with Crippen molar-refractivity contribution < 1.29 is 13.2 Å². The fraction of sp³-hybridized carbons (Fsp3) is 0.235. The van der Waals surface area contributed by atoms with Gasteiger partial charge in [0.05, 0.1) is 16.3 Å². The summed E-state index contributed by atoms with van der Waals surface area (Å²) < 4.78 is 40.3. The van der Waals surface area contributed by atoms with Gasteiger partial charge >= 0.3 is 6.18 Å². The van der Waals surface area contributed by atoms with Crippen molar-refractivity contribution >= 4 is 17.2 Å². The largest absolute Gasteiger partial charge is 0.417 e. The molecule has 3 nitrogen and oxygen atoms in total. The summed E-state index contributed by atoms with van der Waals surface area (Å²) in [5, 5.41) is -0.0358. The van der Waals surface area contributed by atoms with E-state index in [0.717, 1.165) is 23.4 Å². The summed E-state index contributed by atoms with van der Waals surface area (Å²) in [6, 6.07) is 8.27. The number of nitrogens with zero attached hydrogens (tertiary/aromatic N) is 2. The van der Waals surface area contributed by atoms with Gasteiger partial charge in [0.2, 0.25) is 0 Å². The van der Waals surface area contributed by atoms with Crippen LogP contribution in [0, 0.1) is 6.92 Å². The lowest BCUT2D eigenvalue weighted by molar-refractivity contribution is -0.137. The van der Waals surface area contributed by atoms with Gasteiger partial charge < -0.3 is 10.1 Å². The second-order valence-electron chi connectivity index (χ2n) is 5.72. The molecule has 0 aliphatic carbocycles. The van der Waals surface area contributed by atoms with Crippen molar-refractivity contribution in [2.24, 2.45) is 5.73 Å². The van der Waals surface area contributed by atoms with Gasteiger partial charge in [0.1, 0.15) is 0 Å². The smallest absolute Gasteiger partial charge is 0.324 e. The van der Waals surface area contributed by atoms with Crippen LogP contribution in [0.5, 0.6) is 0 Å². The minimum Gasteiger partial charge on any atom is -0.324 e. The van der Waals surface area contributed by atoms with Crippen molar-refractivity contribution in [2.45, 2.75) is 26.1 Å². The van der Waals surface area contributed by atoms with Crippen LogP contribution in [0.15, 0.2) is 36.5 Å². The molecule has 7 heteroatoms. The lowest BCUT2D eigenvalue weighted by atomic mass is 10.0. The van der Waals surface area contributed by atoms with Crippen LogP contribution >= 0.6 is 11.6 Å². The Labute approximate surface area is 141 Å². The van der Waals surface area contributed by atoms with Gasteiger partial charge in [0.25, 0.3) is 0 Å². The first-order chi connectivity index (χ1) is 11.2. The number of alkyl halides is 3. The van der Waals surface area contributed by atoms with Crippen LogP contribution in [0.1, 0.15) is 29.8 Å². The number of hydrogen-bond donors (Lipinski definition) is 1. The van der Waals surface area contributed by atoms with Gasteiger partial charge in [-0.3, -0.25) is 0 Å². The van der Waals surface area contributed by atoms with Gasteiger partial charge in [-0.1, -0.05) is 35.9 Å². The molecule has 0 radical (unpaired) electrons. The maximum Gasteiger partial charge on any atom is 0.417 e. The van der Waals surface area contributed by atoms with E-state index in [9.17, 15) is 13.2 Å². The predicted octanol–water partition coefficient (Wildman–Crippen LogP) is 5.00. The first kappa shape index (κ1) is 16.8. The molecule has 3 aromatic rings. The number of aromatic nitrogens is 2. The summed E-state index contributed by atoms with van der Waals surface area (Å²) in [4.78, 5) is 4.41. The van der Waals surface area contributed by atoms with Gasteiger partial charge in [-0.25, -0.2) is 4.98 Å². The third-order valence-corrected chi connectivity index (χ3v) is 4.23. The van der Waals surface area contributed by atoms with E-state index in [0.29, 0.717) is 17.0 Å². The van der Waals surface area contributed by atoms with E-state index in [1.54, 1.807) is 6.92 Å². The summed E-state index contributed by atoms with van der Waals surface area (Å²) >= 11 is 6.01. The van der Waals surface area contributed by atoms with Crippen molar-refractivity contribution in [3.05, 3.63) is 58.4 Å². The Morgan fingerprint density at radius 3 is 2.38 bits per heavy atom. The highest BCUT2D eigenvalue weighted by Gasteiger charge is 2.32. The zero-order chi connectivity index (χ0) is 17.6. The Hall–Kier alpha value is -2.05. The molecule has 0 amide bonds. The van der Waals surface area contributed by atoms with E-state index in [2.05, 4.69) is 4.98 Å². The standard InChI is InChI=1S/C17H15ClF3N3/c1-9(22)11-3-5-12(6-4-11)15-10(2)24-8-13(17(19,20)21)7-14(18)16(24)23-15/h3-9H,22H2,1-2H3. The molecular weight excluding hydrogens is 339 g/mol. The molecule has 2 N–H and O–H groups in total. The molecular formula is C17H15ClF3N3. The van der Waals surface area contributed by atoms with Crippen LogP contribution in [0.4, 0.5) is 13.2 Å². The molecule has 126 valence electrons. The average Bonchev–Trinajstić information content (AvgIpc) is 2.84. The molecule has 1 atom stereocenters. The van der Waals surface area contributed by atoms with Gasteiger partial charge in [0, 0.05) is 23.5 Å². The van der Waals surface area contributed by atoms with Gasteiger partial charge in [-0.15, -0.1) is 0 Å². The maximum absolute atomic E-state index is 13.0. The molecule has 0 aliphatic heterocycles. The molecule has 1 unspecified atom stereocenters. The van der Waals surface area contributed by atoms with E-state index in [1.165, 1.54) is 4.40 Å². The van der Waals surface area contributed by atoms with Crippen molar-refractivity contribution in [1.29, 1.82) is 0 Å². The quantitative estimate of drug-likeness (QED) is 0.704. The topological polar surface area (TPSA) is 43.3 Å². The third-order valence-electron chi connectivity index (χ3n) is 3.95. The molecule has 0 bridgehead atoms. The molecule has 24 heavy (non-hydrogen) atoms. The number of pyridine rings is 1. The van der Waals surface area contributed by atoms with E-state index in [1.807, 2.05) is 31.2 Å². The third kappa shape index (κ3) is 2.87. The van der Waals surface area contributed by atoms with Gasteiger partial charge in [-0.05, 0) is 25.5 Å². The number of halogens is 4. The van der Waals surface area contributed by atoms with Crippen LogP contribution in [-0.4, -0.2) is 9.38 Å². The first-order valence-corrected chi connectivity index (χ1v) is 7.67. The Morgan fingerprint density at radius 2 is 1.83 bits per heavy atom. The Kier molecular flexibility index (Phi) is 4.05. The van der Waals surface area contributed by atoms with Crippen LogP contribution in [0.2, 0.25) is 5.02 Å². The molecule has 1 aromatic carbocycles. The minimum absolute atomic E-state index is 0.0358. The van der Waals surface area contributed by atoms with Gasteiger partial charge in [0.15, 0.2) is 5.65 Å².